The number of rotatable bonds is 3. The Hall–Kier alpha value is -2.06. The summed E-state index contributed by atoms with van der Waals surface area (Å²) in [7, 11) is 0. The van der Waals surface area contributed by atoms with Crippen LogP contribution in [0.5, 0.6) is 0 Å². The number of piperidine rings is 1. The van der Waals surface area contributed by atoms with Gasteiger partial charge in [0.1, 0.15) is 6.07 Å². The Morgan fingerprint density at radius 2 is 2.45 bits per heavy atom. The zero-order valence-corrected chi connectivity index (χ0v) is 11.7. The van der Waals surface area contributed by atoms with Gasteiger partial charge in [-0.1, -0.05) is 0 Å². The van der Waals surface area contributed by atoms with E-state index in [9.17, 15) is 0 Å². The lowest BCUT2D eigenvalue weighted by molar-refractivity contribution is 0.196. The molecule has 3 heterocycles. The molecule has 104 valence electrons. The molecule has 3 rings (SSSR count). The Morgan fingerprint density at radius 3 is 3.15 bits per heavy atom. The monoisotopic (exact) mass is 269 g/mol. The normalized spacial score (nSPS) is 19.9. The van der Waals surface area contributed by atoms with Gasteiger partial charge in [0, 0.05) is 42.3 Å². The van der Waals surface area contributed by atoms with Crippen molar-refractivity contribution in [1.29, 1.82) is 5.26 Å². The van der Waals surface area contributed by atoms with Crippen molar-refractivity contribution in [3.63, 3.8) is 0 Å². The van der Waals surface area contributed by atoms with Crippen molar-refractivity contribution < 1.29 is 0 Å². The van der Waals surface area contributed by atoms with Gasteiger partial charge in [-0.2, -0.15) is 10.4 Å². The molecule has 0 aromatic carbocycles. The van der Waals surface area contributed by atoms with Crippen molar-refractivity contribution in [2.24, 2.45) is 0 Å². The first-order chi connectivity index (χ1) is 9.76. The van der Waals surface area contributed by atoms with Gasteiger partial charge in [0.25, 0.3) is 0 Å². The van der Waals surface area contributed by atoms with E-state index in [-0.39, 0.29) is 0 Å². The largest absolute Gasteiger partial charge is 0.360 e. The third kappa shape index (κ3) is 2.61. The summed E-state index contributed by atoms with van der Waals surface area (Å²) in [5.41, 5.74) is 4.08. The zero-order chi connectivity index (χ0) is 13.9. The van der Waals surface area contributed by atoms with Crippen molar-refractivity contribution in [2.45, 2.75) is 32.2 Å². The molecule has 0 aliphatic carbocycles. The summed E-state index contributed by atoms with van der Waals surface area (Å²) in [6.07, 6.45) is 4.24. The number of aryl methyl sites for hydroxylation is 1. The minimum Gasteiger partial charge on any atom is -0.360 e. The average Bonchev–Trinajstić information content (AvgIpc) is 3.09. The SMILES string of the molecule is Cc1[nH]c(CN2CCC[C@H](c3ccn[nH]3)C2)cc1C#N. The van der Waals surface area contributed by atoms with Crippen LogP contribution < -0.4 is 0 Å². The van der Waals surface area contributed by atoms with E-state index in [1.807, 2.05) is 19.2 Å². The lowest BCUT2D eigenvalue weighted by Gasteiger charge is -2.31. The number of aromatic nitrogens is 3. The van der Waals surface area contributed by atoms with Crippen molar-refractivity contribution in [2.75, 3.05) is 13.1 Å². The molecule has 0 bridgehead atoms. The molecular weight excluding hydrogens is 250 g/mol. The van der Waals surface area contributed by atoms with E-state index in [1.54, 1.807) is 0 Å². The number of likely N-dealkylation sites (tertiary alicyclic amines) is 1. The molecule has 2 aromatic heterocycles. The molecule has 1 aliphatic heterocycles. The van der Waals surface area contributed by atoms with E-state index in [0.717, 1.165) is 36.6 Å². The third-order valence-corrected chi connectivity index (χ3v) is 4.05. The number of nitrogens with zero attached hydrogens (tertiary/aromatic N) is 3. The van der Waals surface area contributed by atoms with Crippen molar-refractivity contribution in [3.8, 4) is 6.07 Å². The summed E-state index contributed by atoms with van der Waals surface area (Å²) in [6.45, 7) is 4.99. The Morgan fingerprint density at radius 1 is 1.55 bits per heavy atom. The molecule has 5 heteroatoms. The van der Waals surface area contributed by atoms with Crippen LogP contribution in [0, 0.1) is 18.3 Å². The van der Waals surface area contributed by atoms with Gasteiger partial charge in [-0.05, 0) is 38.4 Å². The van der Waals surface area contributed by atoms with Crippen LogP contribution in [0.3, 0.4) is 0 Å². The topological polar surface area (TPSA) is 71.5 Å². The van der Waals surface area contributed by atoms with E-state index in [0.29, 0.717) is 5.92 Å². The summed E-state index contributed by atoms with van der Waals surface area (Å²) in [4.78, 5) is 5.75. The van der Waals surface area contributed by atoms with Gasteiger partial charge in [0.2, 0.25) is 0 Å². The van der Waals surface area contributed by atoms with Gasteiger partial charge in [-0.3, -0.25) is 10.00 Å². The molecule has 1 saturated heterocycles. The molecule has 2 N–H and O–H groups in total. The molecule has 0 amide bonds. The van der Waals surface area contributed by atoms with Gasteiger partial charge < -0.3 is 4.98 Å². The predicted molar refractivity (Wildman–Crippen MR) is 76.1 cm³/mol. The number of hydrogen-bond acceptors (Lipinski definition) is 3. The maximum Gasteiger partial charge on any atom is 0.101 e. The molecular formula is C15H19N5. The number of aromatic amines is 2. The van der Waals surface area contributed by atoms with E-state index in [2.05, 4.69) is 32.2 Å². The second-order valence-electron chi connectivity index (χ2n) is 5.53. The van der Waals surface area contributed by atoms with Gasteiger partial charge in [-0.15, -0.1) is 0 Å². The van der Waals surface area contributed by atoms with Crippen LogP contribution in [0.4, 0.5) is 0 Å². The van der Waals surface area contributed by atoms with E-state index in [1.165, 1.54) is 18.5 Å². The summed E-state index contributed by atoms with van der Waals surface area (Å²) >= 11 is 0. The second kappa shape index (κ2) is 5.51. The molecule has 2 aromatic rings. The maximum atomic E-state index is 9.01. The van der Waals surface area contributed by atoms with Crippen molar-refractivity contribution in [3.05, 3.63) is 41.0 Å². The van der Waals surface area contributed by atoms with Gasteiger partial charge in [0.05, 0.1) is 5.56 Å². The van der Waals surface area contributed by atoms with Crippen LogP contribution in [-0.2, 0) is 6.54 Å². The highest BCUT2D eigenvalue weighted by molar-refractivity contribution is 5.35. The number of H-pyrrole nitrogens is 2. The Bertz CT molecular complexity index is 605. The average molecular weight is 269 g/mol. The second-order valence-corrected chi connectivity index (χ2v) is 5.53. The first-order valence-electron chi connectivity index (χ1n) is 7.06. The molecule has 1 fully saturated rings. The fraction of sp³-hybridized carbons (Fsp3) is 0.467. The molecule has 0 radical (unpaired) electrons. The lowest BCUT2D eigenvalue weighted by atomic mass is 9.95. The van der Waals surface area contributed by atoms with Crippen LogP contribution in [-0.4, -0.2) is 33.2 Å². The first-order valence-corrected chi connectivity index (χ1v) is 7.06. The maximum absolute atomic E-state index is 9.01. The minimum atomic E-state index is 0.540. The van der Waals surface area contributed by atoms with Crippen molar-refractivity contribution >= 4 is 0 Å². The van der Waals surface area contributed by atoms with Gasteiger partial charge >= 0.3 is 0 Å². The summed E-state index contributed by atoms with van der Waals surface area (Å²) in [5.74, 6) is 0.540. The minimum absolute atomic E-state index is 0.540. The first kappa shape index (κ1) is 12.9. The molecule has 0 saturated carbocycles. The summed E-state index contributed by atoms with van der Waals surface area (Å²) in [6, 6.07) is 6.26. The fourth-order valence-electron chi connectivity index (χ4n) is 3.02. The van der Waals surface area contributed by atoms with Crippen LogP contribution in [0.25, 0.3) is 0 Å². The van der Waals surface area contributed by atoms with Gasteiger partial charge in [-0.25, -0.2) is 0 Å². The number of hydrogen-bond donors (Lipinski definition) is 2. The molecule has 5 nitrogen and oxygen atoms in total. The lowest BCUT2D eigenvalue weighted by Crippen LogP contribution is -2.34. The smallest absolute Gasteiger partial charge is 0.101 e. The van der Waals surface area contributed by atoms with Gasteiger partial charge in [0.15, 0.2) is 0 Å². The molecule has 0 unspecified atom stereocenters. The third-order valence-electron chi connectivity index (χ3n) is 4.05. The predicted octanol–water partition coefficient (Wildman–Crippen LogP) is 2.30. The molecule has 1 atom stereocenters. The Kier molecular flexibility index (Phi) is 3.57. The Labute approximate surface area is 118 Å². The fourth-order valence-corrected chi connectivity index (χ4v) is 3.02. The highest BCUT2D eigenvalue weighted by Crippen LogP contribution is 2.26. The summed E-state index contributed by atoms with van der Waals surface area (Å²) in [5, 5.41) is 16.1. The van der Waals surface area contributed by atoms with Crippen LogP contribution in [0.2, 0.25) is 0 Å². The number of nitrogens with one attached hydrogen (secondary N) is 2. The molecule has 20 heavy (non-hydrogen) atoms. The summed E-state index contributed by atoms with van der Waals surface area (Å²) < 4.78 is 0. The van der Waals surface area contributed by atoms with Crippen molar-refractivity contribution in [1.82, 2.24) is 20.1 Å². The zero-order valence-electron chi connectivity index (χ0n) is 11.7. The molecule has 0 spiro atoms. The van der Waals surface area contributed by atoms with E-state index in [4.69, 9.17) is 5.26 Å². The van der Waals surface area contributed by atoms with E-state index < -0.39 is 0 Å². The van der Waals surface area contributed by atoms with Crippen LogP contribution >= 0.6 is 0 Å². The highest BCUT2D eigenvalue weighted by Gasteiger charge is 2.22. The quantitative estimate of drug-likeness (QED) is 0.898. The van der Waals surface area contributed by atoms with Crippen LogP contribution in [0.15, 0.2) is 18.3 Å². The highest BCUT2D eigenvalue weighted by atomic mass is 15.2. The molecule has 1 aliphatic rings. The number of nitriles is 1. The Balaban J connectivity index is 1.67. The standard InChI is InChI=1S/C15H19N5/c1-11-13(8-16)7-14(18-11)10-20-6-2-3-12(9-20)15-4-5-17-19-15/h4-5,7,12,18H,2-3,6,9-10H2,1H3,(H,17,19)/t12-/m0/s1. The van der Waals surface area contributed by atoms with E-state index >= 15 is 0 Å². The van der Waals surface area contributed by atoms with Crippen LogP contribution in [0.1, 0.15) is 41.4 Å².